The summed E-state index contributed by atoms with van der Waals surface area (Å²) < 4.78 is 4.20. The van der Waals surface area contributed by atoms with Crippen molar-refractivity contribution in [1.82, 2.24) is 19.6 Å². The molecular weight excluding hydrogens is 262 g/mol. The molecule has 0 bridgehead atoms. The predicted molar refractivity (Wildman–Crippen MR) is 76.5 cm³/mol. The summed E-state index contributed by atoms with van der Waals surface area (Å²) in [5.74, 6) is 1.10. The second kappa shape index (κ2) is 6.29. The maximum atomic E-state index is 12.2. The molecule has 0 spiro atoms. The normalized spacial score (nSPS) is 17.6. The molecule has 7 heteroatoms. The fraction of sp³-hybridized carbons (Fsp3) is 0.750. The Morgan fingerprint density at radius 1 is 1.42 bits per heavy atom. The number of nitrogens with zero attached hydrogens (tertiary/aromatic N) is 4. The smallest absolute Gasteiger partial charge is 0.226 e. The Morgan fingerprint density at radius 3 is 2.63 bits per heavy atom. The summed E-state index contributed by atoms with van der Waals surface area (Å²) in [4.78, 5) is 20.7. The van der Waals surface area contributed by atoms with Crippen molar-refractivity contribution in [3.63, 3.8) is 0 Å². The van der Waals surface area contributed by atoms with Gasteiger partial charge in [-0.15, -0.1) is 0 Å². The number of aryl methyl sites for hydroxylation is 1. The first kappa shape index (κ1) is 14.2. The summed E-state index contributed by atoms with van der Waals surface area (Å²) in [6, 6.07) is 0. The molecule has 0 saturated carbocycles. The van der Waals surface area contributed by atoms with Gasteiger partial charge >= 0.3 is 0 Å². The van der Waals surface area contributed by atoms with Crippen LogP contribution in [-0.4, -0.2) is 59.9 Å². The van der Waals surface area contributed by atoms with Crippen LogP contribution in [-0.2, 0) is 4.79 Å². The predicted octanol–water partition coefficient (Wildman–Crippen LogP) is 0.351. The van der Waals surface area contributed by atoms with Crippen molar-refractivity contribution in [2.75, 3.05) is 44.7 Å². The molecule has 1 unspecified atom stereocenters. The van der Waals surface area contributed by atoms with Gasteiger partial charge in [0, 0.05) is 50.2 Å². The molecule has 2 rings (SSSR count). The highest BCUT2D eigenvalue weighted by atomic mass is 32.1. The van der Waals surface area contributed by atoms with Crippen LogP contribution in [0.4, 0.5) is 5.13 Å². The average Bonchev–Trinajstić information content (AvgIpc) is 2.85. The van der Waals surface area contributed by atoms with Crippen LogP contribution in [0.15, 0.2) is 0 Å². The van der Waals surface area contributed by atoms with Crippen LogP contribution < -0.4 is 10.2 Å². The molecule has 19 heavy (non-hydrogen) atoms. The lowest BCUT2D eigenvalue weighted by Crippen LogP contribution is -2.51. The zero-order chi connectivity index (χ0) is 13.8. The van der Waals surface area contributed by atoms with Gasteiger partial charge in [-0.3, -0.25) is 4.79 Å². The van der Waals surface area contributed by atoms with Crippen LogP contribution in [0.25, 0.3) is 0 Å². The van der Waals surface area contributed by atoms with Crippen LogP contribution >= 0.6 is 11.5 Å². The molecular formula is C12H21N5OS. The Bertz CT molecular complexity index is 428. The molecule has 2 heterocycles. The molecule has 1 N–H and O–H groups in total. The van der Waals surface area contributed by atoms with Crippen LogP contribution in [0, 0.1) is 12.8 Å². The maximum Gasteiger partial charge on any atom is 0.226 e. The van der Waals surface area contributed by atoms with Crippen molar-refractivity contribution in [2.24, 2.45) is 5.92 Å². The largest absolute Gasteiger partial charge is 0.343 e. The van der Waals surface area contributed by atoms with Gasteiger partial charge < -0.3 is 15.1 Å². The minimum atomic E-state index is 0.0420. The van der Waals surface area contributed by atoms with Gasteiger partial charge in [0.2, 0.25) is 11.0 Å². The number of aromatic nitrogens is 2. The number of piperazine rings is 1. The molecule has 1 aliphatic heterocycles. The Labute approximate surface area is 118 Å². The molecule has 1 aromatic heterocycles. The highest BCUT2D eigenvalue weighted by Crippen LogP contribution is 2.19. The Kier molecular flexibility index (Phi) is 4.71. The van der Waals surface area contributed by atoms with Crippen LogP contribution in [0.5, 0.6) is 0 Å². The molecule has 1 fully saturated rings. The number of hydrogen-bond acceptors (Lipinski definition) is 6. The zero-order valence-electron chi connectivity index (χ0n) is 11.7. The van der Waals surface area contributed by atoms with Crippen LogP contribution in [0.1, 0.15) is 12.7 Å². The number of nitrogens with one attached hydrogen (secondary N) is 1. The summed E-state index contributed by atoms with van der Waals surface area (Å²) in [7, 11) is 1.87. The topological polar surface area (TPSA) is 61.4 Å². The van der Waals surface area contributed by atoms with Gasteiger partial charge in [0.25, 0.3) is 0 Å². The molecule has 1 aliphatic rings. The summed E-state index contributed by atoms with van der Waals surface area (Å²) in [6.45, 7) is 7.82. The lowest BCUT2D eigenvalue weighted by atomic mass is 10.1. The van der Waals surface area contributed by atoms with Crippen LogP contribution in [0.3, 0.4) is 0 Å². The number of hydrogen-bond donors (Lipinski definition) is 1. The lowest BCUT2D eigenvalue weighted by molar-refractivity contribution is -0.135. The van der Waals surface area contributed by atoms with E-state index in [-0.39, 0.29) is 11.8 Å². The van der Waals surface area contributed by atoms with Gasteiger partial charge in [-0.2, -0.15) is 4.37 Å². The minimum Gasteiger partial charge on any atom is -0.343 e. The molecule has 106 valence electrons. The van der Waals surface area contributed by atoms with E-state index in [1.807, 2.05) is 25.8 Å². The van der Waals surface area contributed by atoms with E-state index < -0.39 is 0 Å². The zero-order valence-corrected chi connectivity index (χ0v) is 12.5. The number of amides is 1. The van der Waals surface area contributed by atoms with E-state index in [4.69, 9.17) is 0 Å². The molecule has 0 aliphatic carbocycles. The van der Waals surface area contributed by atoms with E-state index in [1.54, 1.807) is 0 Å². The van der Waals surface area contributed by atoms with E-state index in [9.17, 15) is 4.79 Å². The molecule has 0 aromatic carbocycles. The number of rotatable bonds is 4. The maximum absolute atomic E-state index is 12.2. The number of carbonyl (C=O) groups excluding carboxylic acids is 1. The first-order chi connectivity index (χ1) is 9.11. The molecule has 6 nitrogen and oxygen atoms in total. The summed E-state index contributed by atoms with van der Waals surface area (Å²) >= 11 is 1.43. The Hall–Kier alpha value is -1.21. The van der Waals surface area contributed by atoms with E-state index in [1.165, 1.54) is 11.5 Å². The Morgan fingerprint density at radius 2 is 2.11 bits per heavy atom. The molecule has 1 atom stereocenters. The van der Waals surface area contributed by atoms with Crippen molar-refractivity contribution >= 4 is 22.6 Å². The van der Waals surface area contributed by atoms with Crippen molar-refractivity contribution in [1.29, 1.82) is 0 Å². The third kappa shape index (κ3) is 3.42. The number of anilines is 1. The monoisotopic (exact) mass is 283 g/mol. The molecule has 1 saturated heterocycles. The molecule has 0 radical (unpaired) electrons. The fourth-order valence-electron chi connectivity index (χ4n) is 2.24. The van der Waals surface area contributed by atoms with Crippen molar-refractivity contribution in [2.45, 2.75) is 13.8 Å². The van der Waals surface area contributed by atoms with Gasteiger partial charge in [0.05, 0.1) is 0 Å². The summed E-state index contributed by atoms with van der Waals surface area (Å²) in [5.41, 5.74) is 0. The minimum absolute atomic E-state index is 0.0420. The first-order valence-electron chi connectivity index (χ1n) is 6.60. The molecule has 1 aromatic rings. The lowest BCUT2D eigenvalue weighted by Gasteiger charge is -2.35. The average molecular weight is 283 g/mol. The number of carbonyl (C=O) groups is 1. The van der Waals surface area contributed by atoms with Gasteiger partial charge in [0.1, 0.15) is 5.82 Å². The van der Waals surface area contributed by atoms with Crippen molar-refractivity contribution in [3.8, 4) is 0 Å². The summed E-state index contributed by atoms with van der Waals surface area (Å²) in [5, 5.41) is 4.02. The standard InChI is InChI=1S/C12H21N5OS/c1-9(8-13-3)11(18)16-4-6-17(7-5-16)12-14-10(2)15-19-12/h9,13H,4-8H2,1-3H3. The van der Waals surface area contributed by atoms with E-state index in [2.05, 4.69) is 19.6 Å². The van der Waals surface area contributed by atoms with Crippen LogP contribution in [0.2, 0.25) is 0 Å². The van der Waals surface area contributed by atoms with E-state index >= 15 is 0 Å². The van der Waals surface area contributed by atoms with Crippen molar-refractivity contribution < 1.29 is 4.79 Å². The SMILES string of the molecule is CNCC(C)C(=O)N1CCN(c2nc(C)ns2)CC1. The van der Waals surface area contributed by atoms with Gasteiger partial charge in [-0.25, -0.2) is 4.98 Å². The quantitative estimate of drug-likeness (QED) is 0.864. The van der Waals surface area contributed by atoms with Gasteiger partial charge in [-0.05, 0) is 14.0 Å². The summed E-state index contributed by atoms with van der Waals surface area (Å²) in [6.07, 6.45) is 0. The first-order valence-corrected chi connectivity index (χ1v) is 7.37. The van der Waals surface area contributed by atoms with E-state index in [0.717, 1.165) is 43.7 Å². The Balaban J connectivity index is 1.87. The second-order valence-electron chi connectivity index (χ2n) is 4.90. The van der Waals surface area contributed by atoms with Gasteiger partial charge in [-0.1, -0.05) is 6.92 Å². The fourth-order valence-corrected chi connectivity index (χ4v) is 2.96. The van der Waals surface area contributed by atoms with E-state index in [0.29, 0.717) is 0 Å². The van der Waals surface area contributed by atoms with Gasteiger partial charge in [0.15, 0.2) is 0 Å². The molecule has 1 amide bonds. The third-order valence-electron chi connectivity index (χ3n) is 3.31. The third-order valence-corrected chi connectivity index (χ3v) is 4.18. The van der Waals surface area contributed by atoms with Crippen molar-refractivity contribution in [3.05, 3.63) is 5.82 Å². The second-order valence-corrected chi connectivity index (χ2v) is 5.63. The highest BCUT2D eigenvalue weighted by molar-refractivity contribution is 7.09. The highest BCUT2D eigenvalue weighted by Gasteiger charge is 2.25.